The van der Waals surface area contributed by atoms with Crippen molar-refractivity contribution in [2.24, 2.45) is 5.41 Å². The number of carboxylic acids is 1. The maximum Gasteiger partial charge on any atom is 0.330 e. The SMILES string of the molecule is CCCc1ccc(C(=O)NC2(C(=O)O)CC(OCC)C2(C)C)cc1. The van der Waals surface area contributed by atoms with Gasteiger partial charge in [0.1, 0.15) is 5.54 Å². The molecular formula is C19H27NO4. The fraction of sp³-hybridized carbons (Fsp3) is 0.579. The van der Waals surface area contributed by atoms with Gasteiger partial charge in [-0.2, -0.15) is 0 Å². The summed E-state index contributed by atoms with van der Waals surface area (Å²) < 4.78 is 5.61. The third kappa shape index (κ3) is 3.05. The van der Waals surface area contributed by atoms with Crippen LogP contribution in [-0.2, 0) is 16.0 Å². The molecule has 1 aliphatic carbocycles. The highest BCUT2D eigenvalue weighted by atomic mass is 16.5. The van der Waals surface area contributed by atoms with Gasteiger partial charge in [-0.05, 0) is 31.0 Å². The van der Waals surface area contributed by atoms with Crippen LogP contribution in [0.25, 0.3) is 0 Å². The highest BCUT2D eigenvalue weighted by Crippen LogP contribution is 2.51. The maximum atomic E-state index is 12.6. The van der Waals surface area contributed by atoms with Crippen LogP contribution >= 0.6 is 0 Å². The molecule has 132 valence electrons. The molecule has 1 aromatic rings. The Morgan fingerprint density at radius 2 is 1.88 bits per heavy atom. The van der Waals surface area contributed by atoms with Crippen LogP contribution in [0.5, 0.6) is 0 Å². The van der Waals surface area contributed by atoms with E-state index in [2.05, 4.69) is 12.2 Å². The van der Waals surface area contributed by atoms with E-state index in [4.69, 9.17) is 4.74 Å². The molecule has 0 aromatic heterocycles. The molecule has 0 radical (unpaired) electrons. The number of ether oxygens (including phenoxy) is 1. The van der Waals surface area contributed by atoms with Gasteiger partial charge in [-0.1, -0.05) is 39.3 Å². The maximum absolute atomic E-state index is 12.6. The Labute approximate surface area is 143 Å². The van der Waals surface area contributed by atoms with Crippen LogP contribution in [0, 0.1) is 5.41 Å². The minimum Gasteiger partial charge on any atom is -0.479 e. The molecule has 2 atom stereocenters. The zero-order valence-corrected chi connectivity index (χ0v) is 14.9. The van der Waals surface area contributed by atoms with Gasteiger partial charge >= 0.3 is 5.97 Å². The molecule has 0 aliphatic heterocycles. The minimum absolute atomic E-state index is 0.175. The fourth-order valence-corrected chi connectivity index (χ4v) is 3.41. The number of carbonyl (C=O) groups excluding carboxylic acids is 1. The monoisotopic (exact) mass is 333 g/mol. The molecule has 5 heteroatoms. The number of aliphatic carboxylic acids is 1. The zero-order valence-electron chi connectivity index (χ0n) is 14.9. The van der Waals surface area contributed by atoms with Crippen molar-refractivity contribution in [1.82, 2.24) is 5.32 Å². The molecule has 1 fully saturated rings. The lowest BCUT2D eigenvalue weighted by Gasteiger charge is -2.58. The lowest BCUT2D eigenvalue weighted by atomic mass is 9.54. The van der Waals surface area contributed by atoms with E-state index in [0.29, 0.717) is 12.2 Å². The van der Waals surface area contributed by atoms with Gasteiger partial charge in [0.15, 0.2) is 0 Å². The smallest absolute Gasteiger partial charge is 0.330 e. The lowest BCUT2D eigenvalue weighted by Crippen LogP contribution is -2.76. The van der Waals surface area contributed by atoms with Crippen molar-refractivity contribution in [2.75, 3.05) is 6.61 Å². The second kappa shape index (κ2) is 6.93. The second-order valence-corrected chi connectivity index (χ2v) is 6.98. The summed E-state index contributed by atoms with van der Waals surface area (Å²) in [4.78, 5) is 24.5. The van der Waals surface area contributed by atoms with Crippen LogP contribution in [0.4, 0.5) is 0 Å². The highest BCUT2D eigenvalue weighted by Gasteiger charge is 2.66. The molecule has 5 nitrogen and oxygen atoms in total. The number of carbonyl (C=O) groups is 2. The molecule has 2 N–H and O–H groups in total. The third-order valence-corrected chi connectivity index (χ3v) is 5.21. The molecule has 2 rings (SSSR count). The van der Waals surface area contributed by atoms with E-state index < -0.39 is 16.9 Å². The lowest BCUT2D eigenvalue weighted by molar-refractivity contribution is -0.190. The van der Waals surface area contributed by atoms with Crippen molar-refractivity contribution in [1.29, 1.82) is 0 Å². The standard InChI is InChI=1S/C19H27NO4/c1-5-7-13-8-10-14(11-9-13)16(21)20-19(17(22)23)12-15(24-6-2)18(19,3)4/h8-11,15H,5-7,12H2,1-4H3,(H,20,21)(H,22,23). The summed E-state index contributed by atoms with van der Waals surface area (Å²) in [6.45, 7) is 8.17. The van der Waals surface area contributed by atoms with Crippen molar-refractivity contribution in [2.45, 2.75) is 58.6 Å². The Bertz CT molecular complexity index is 608. The average molecular weight is 333 g/mol. The number of carboxylic acid groups (broad SMARTS) is 1. The van der Waals surface area contributed by atoms with Gasteiger partial charge in [0.25, 0.3) is 5.91 Å². The van der Waals surface area contributed by atoms with Gasteiger partial charge in [-0.15, -0.1) is 0 Å². The van der Waals surface area contributed by atoms with Gasteiger partial charge in [-0.25, -0.2) is 4.79 Å². The van der Waals surface area contributed by atoms with Crippen LogP contribution in [0.3, 0.4) is 0 Å². The predicted octanol–water partition coefficient (Wildman–Crippen LogP) is 3.03. The van der Waals surface area contributed by atoms with E-state index in [1.54, 1.807) is 12.1 Å². The van der Waals surface area contributed by atoms with Crippen molar-refractivity contribution < 1.29 is 19.4 Å². The molecule has 0 heterocycles. The van der Waals surface area contributed by atoms with Crippen molar-refractivity contribution >= 4 is 11.9 Å². The number of hydrogen-bond donors (Lipinski definition) is 2. The van der Waals surface area contributed by atoms with E-state index in [9.17, 15) is 14.7 Å². The topological polar surface area (TPSA) is 75.6 Å². The summed E-state index contributed by atoms with van der Waals surface area (Å²) in [5.74, 6) is -1.37. The summed E-state index contributed by atoms with van der Waals surface area (Å²) in [7, 11) is 0. The van der Waals surface area contributed by atoms with Crippen molar-refractivity contribution in [3.8, 4) is 0 Å². The van der Waals surface area contributed by atoms with E-state index >= 15 is 0 Å². The van der Waals surface area contributed by atoms with Crippen LogP contribution in [-0.4, -0.2) is 35.2 Å². The first-order valence-corrected chi connectivity index (χ1v) is 8.55. The van der Waals surface area contributed by atoms with Gasteiger partial charge in [0.05, 0.1) is 6.10 Å². The highest BCUT2D eigenvalue weighted by molar-refractivity contribution is 5.98. The molecule has 1 aromatic carbocycles. The molecule has 0 bridgehead atoms. The first kappa shape index (κ1) is 18.5. The first-order chi connectivity index (χ1) is 11.3. The van der Waals surface area contributed by atoms with Crippen LogP contribution < -0.4 is 5.32 Å². The molecule has 2 unspecified atom stereocenters. The Balaban J connectivity index is 2.17. The summed E-state index contributed by atoms with van der Waals surface area (Å²) in [6, 6.07) is 7.34. The Morgan fingerprint density at radius 3 is 2.33 bits per heavy atom. The Kier molecular flexibility index (Phi) is 5.33. The largest absolute Gasteiger partial charge is 0.479 e. The molecule has 1 amide bonds. The first-order valence-electron chi connectivity index (χ1n) is 8.55. The molecule has 24 heavy (non-hydrogen) atoms. The van der Waals surface area contributed by atoms with Crippen molar-refractivity contribution in [3.63, 3.8) is 0 Å². The fourth-order valence-electron chi connectivity index (χ4n) is 3.41. The minimum atomic E-state index is -1.30. The van der Waals surface area contributed by atoms with Gasteiger partial charge in [-0.3, -0.25) is 4.79 Å². The average Bonchev–Trinajstić information content (AvgIpc) is 2.54. The number of amides is 1. The van der Waals surface area contributed by atoms with Gasteiger partial charge in [0.2, 0.25) is 0 Å². The van der Waals surface area contributed by atoms with E-state index in [1.807, 2.05) is 32.9 Å². The van der Waals surface area contributed by atoms with Gasteiger partial charge < -0.3 is 15.2 Å². The Morgan fingerprint density at radius 1 is 1.25 bits per heavy atom. The molecule has 0 saturated heterocycles. The zero-order chi connectivity index (χ0) is 18.0. The summed E-state index contributed by atoms with van der Waals surface area (Å²) in [5.41, 5.74) is -0.327. The third-order valence-electron chi connectivity index (χ3n) is 5.21. The Hall–Kier alpha value is -1.88. The molecule has 0 spiro atoms. The van der Waals surface area contributed by atoms with Crippen LogP contribution in [0.2, 0.25) is 0 Å². The molecular weight excluding hydrogens is 306 g/mol. The molecule has 1 saturated carbocycles. The quantitative estimate of drug-likeness (QED) is 0.804. The number of hydrogen-bond acceptors (Lipinski definition) is 3. The number of benzene rings is 1. The number of nitrogens with one attached hydrogen (secondary N) is 1. The van der Waals surface area contributed by atoms with Crippen LogP contribution in [0.15, 0.2) is 24.3 Å². The number of rotatable bonds is 7. The summed E-state index contributed by atoms with van der Waals surface area (Å²) in [5, 5.41) is 12.5. The summed E-state index contributed by atoms with van der Waals surface area (Å²) >= 11 is 0. The molecule has 1 aliphatic rings. The van der Waals surface area contributed by atoms with E-state index in [1.165, 1.54) is 5.56 Å². The van der Waals surface area contributed by atoms with E-state index in [-0.39, 0.29) is 18.4 Å². The van der Waals surface area contributed by atoms with Crippen LogP contribution in [0.1, 0.15) is 56.5 Å². The normalized spacial score (nSPS) is 24.9. The number of aryl methyl sites for hydroxylation is 1. The predicted molar refractivity (Wildman–Crippen MR) is 92.1 cm³/mol. The second-order valence-electron chi connectivity index (χ2n) is 6.98. The summed E-state index contributed by atoms with van der Waals surface area (Å²) in [6.07, 6.45) is 2.11. The van der Waals surface area contributed by atoms with Crippen molar-refractivity contribution in [3.05, 3.63) is 35.4 Å². The van der Waals surface area contributed by atoms with Gasteiger partial charge in [0, 0.05) is 24.0 Å². The van der Waals surface area contributed by atoms with E-state index in [0.717, 1.165) is 12.8 Å².